The van der Waals surface area contributed by atoms with E-state index in [1.165, 1.54) is 12.2 Å². The van der Waals surface area contributed by atoms with E-state index in [0.717, 1.165) is 22.3 Å². The van der Waals surface area contributed by atoms with Crippen LogP contribution in [0.3, 0.4) is 0 Å². The summed E-state index contributed by atoms with van der Waals surface area (Å²) < 4.78 is 15.3. The van der Waals surface area contributed by atoms with E-state index < -0.39 is 30.5 Å². The molecule has 0 radical (unpaired) electrons. The maximum atomic E-state index is 12.5. The fraction of sp³-hybridized carbons (Fsp3) is 0.240. The minimum Gasteiger partial charge on any atom is -0.461 e. The molecule has 7 heteroatoms. The number of amides is 1. The van der Waals surface area contributed by atoms with Crippen molar-refractivity contribution >= 4 is 18.0 Å². The van der Waals surface area contributed by atoms with Crippen LogP contribution in [-0.2, 0) is 23.8 Å². The lowest BCUT2D eigenvalue weighted by Gasteiger charge is -2.18. The van der Waals surface area contributed by atoms with Gasteiger partial charge in [0.05, 0.1) is 6.42 Å². The van der Waals surface area contributed by atoms with E-state index in [-0.39, 0.29) is 25.7 Å². The molecule has 0 aliphatic heterocycles. The summed E-state index contributed by atoms with van der Waals surface area (Å²) in [5.41, 5.74) is 4.34. The number of hydrogen-bond donors (Lipinski definition) is 1. The zero-order chi connectivity index (χ0) is 22.9. The van der Waals surface area contributed by atoms with Gasteiger partial charge in [-0.15, -0.1) is 0 Å². The summed E-state index contributed by atoms with van der Waals surface area (Å²) >= 11 is 0. The van der Waals surface area contributed by atoms with Crippen LogP contribution in [0.1, 0.15) is 23.5 Å². The van der Waals surface area contributed by atoms with Crippen molar-refractivity contribution in [1.29, 1.82) is 0 Å². The van der Waals surface area contributed by atoms with Gasteiger partial charge in [0.15, 0.2) is 0 Å². The molecule has 3 rings (SSSR count). The molecule has 0 bridgehead atoms. The maximum Gasteiger partial charge on any atom is 0.407 e. The molecule has 0 heterocycles. The van der Waals surface area contributed by atoms with Crippen LogP contribution in [0.2, 0.25) is 0 Å². The Labute approximate surface area is 186 Å². The molecule has 1 N–H and O–H groups in total. The lowest BCUT2D eigenvalue weighted by Crippen LogP contribution is -2.44. The highest BCUT2D eigenvalue weighted by atomic mass is 16.6. The number of carbonyl (C=O) groups excluding carboxylic acids is 3. The van der Waals surface area contributed by atoms with Gasteiger partial charge < -0.3 is 19.5 Å². The molecule has 0 fully saturated rings. The topological polar surface area (TPSA) is 90.9 Å². The quantitative estimate of drug-likeness (QED) is 0.347. The number of nitrogens with one attached hydrogen (secondary N) is 1. The molecule has 1 atom stereocenters. The number of carbonyl (C=O) groups is 3. The monoisotopic (exact) mass is 435 g/mol. The highest BCUT2D eigenvalue weighted by molar-refractivity contribution is 5.86. The van der Waals surface area contributed by atoms with Gasteiger partial charge in [-0.1, -0.05) is 73.8 Å². The van der Waals surface area contributed by atoms with Crippen LogP contribution in [0, 0.1) is 0 Å². The lowest BCUT2D eigenvalue weighted by atomic mass is 9.98. The Morgan fingerprint density at radius 3 is 2.03 bits per heavy atom. The molecule has 1 aliphatic rings. The molecular formula is C25H25NO6. The first-order valence-electron chi connectivity index (χ1n) is 10.2. The Balaban J connectivity index is 1.65. The van der Waals surface area contributed by atoms with Crippen molar-refractivity contribution in [3.63, 3.8) is 0 Å². The Morgan fingerprint density at radius 2 is 1.44 bits per heavy atom. The molecular weight excluding hydrogens is 410 g/mol. The normalized spacial score (nSPS) is 12.6. The molecule has 0 spiro atoms. The summed E-state index contributed by atoms with van der Waals surface area (Å²) in [4.78, 5) is 36.7. The van der Waals surface area contributed by atoms with E-state index in [2.05, 4.69) is 18.5 Å². The van der Waals surface area contributed by atoms with Crippen LogP contribution in [0.5, 0.6) is 0 Å². The summed E-state index contributed by atoms with van der Waals surface area (Å²) in [6.45, 7) is 6.96. The third-order valence-corrected chi connectivity index (χ3v) is 5.00. The number of ether oxygens (including phenoxy) is 3. The molecule has 166 valence electrons. The molecule has 7 nitrogen and oxygen atoms in total. The molecule has 0 unspecified atom stereocenters. The smallest absolute Gasteiger partial charge is 0.407 e. The highest BCUT2D eigenvalue weighted by Crippen LogP contribution is 2.44. The maximum absolute atomic E-state index is 12.5. The van der Waals surface area contributed by atoms with Crippen LogP contribution in [0.4, 0.5) is 4.79 Å². The molecule has 2 aromatic rings. The van der Waals surface area contributed by atoms with E-state index in [1.807, 2.05) is 48.5 Å². The van der Waals surface area contributed by atoms with Crippen molar-refractivity contribution in [1.82, 2.24) is 5.32 Å². The van der Waals surface area contributed by atoms with Crippen molar-refractivity contribution in [3.05, 3.63) is 85.0 Å². The van der Waals surface area contributed by atoms with Crippen molar-refractivity contribution < 1.29 is 28.6 Å². The van der Waals surface area contributed by atoms with Crippen LogP contribution >= 0.6 is 0 Å². The fourth-order valence-corrected chi connectivity index (χ4v) is 3.59. The van der Waals surface area contributed by atoms with Gasteiger partial charge in [-0.3, -0.25) is 4.79 Å². The van der Waals surface area contributed by atoms with Crippen LogP contribution in [0.25, 0.3) is 11.1 Å². The average molecular weight is 435 g/mol. The van der Waals surface area contributed by atoms with E-state index in [0.29, 0.717) is 0 Å². The van der Waals surface area contributed by atoms with E-state index >= 15 is 0 Å². The first kappa shape index (κ1) is 22.8. The van der Waals surface area contributed by atoms with E-state index in [4.69, 9.17) is 14.2 Å². The van der Waals surface area contributed by atoms with Crippen molar-refractivity contribution in [3.8, 4) is 11.1 Å². The van der Waals surface area contributed by atoms with Gasteiger partial charge >= 0.3 is 18.0 Å². The Kier molecular flexibility index (Phi) is 7.80. The van der Waals surface area contributed by atoms with Gasteiger partial charge in [-0.05, 0) is 22.3 Å². The molecule has 1 aliphatic carbocycles. The summed E-state index contributed by atoms with van der Waals surface area (Å²) in [5, 5.41) is 2.41. The highest BCUT2D eigenvalue weighted by Gasteiger charge is 2.30. The van der Waals surface area contributed by atoms with E-state index in [9.17, 15) is 14.4 Å². The van der Waals surface area contributed by atoms with Crippen molar-refractivity contribution in [2.45, 2.75) is 18.4 Å². The van der Waals surface area contributed by atoms with Gasteiger partial charge in [0.2, 0.25) is 0 Å². The number of rotatable bonds is 10. The number of alkyl carbamates (subject to hydrolysis) is 1. The van der Waals surface area contributed by atoms with Gasteiger partial charge in [0, 0.05) is 5.92 Å². The van der Waals surface area contributed by atoms with Crippen LogP contribution < -0.4 is 5.32 Å². The Morgan fingerprint density at radius 1 is 0.875 bits per heavy atom. The minimum atomic E-state index is -1.25. The Hall–Kier alpha value is -3.87. The number of esters is 2. The summed E-state index contributed by atoms with van der Waals surface area (Å²) in [6.07, 6.45) is 1.57. The second kappa shape index (κ2) is 10.9. The predicted molar refractivity (Wildman–Crippen MR) is 119 cm³/mol. The van der Waals surface area contributed by atoms with Gasteiger partial charge in [-0.2, -0.15) is 0 Å². The second-order valence-electron chi connectivity index (χ2n) is 7.12. The van der Waals surface area contributed by atoms with Crippen LogP contribution in [-0.4, -0.2) is 43.9 Å². The SMILES string of the molecule is C=CCOC(=O)C[C@H](NC(=O)OCC1c2ccccc2-c2ccccc21)C(=O)OCC=C. The number of benzene rings is 2. The molecule has 1 amide bonds. The molecule has 0 aromatic heterocycles. The first-order valence-corrected chi connectivity index (χ1v) is 10.2. The molecule has 32 heavy (non-hydrogen) atoms. The average Bonchev–Trinajstić information content (AvgIpc) is 3.13. The zero-order valence-electron chi connectivity index (χ0n) is 17.6. The predicted octanol–water partition coefficient (Wildman–Crippen LogP) is 3.74. The molecule has 0 saturated carbocycles. The van der Waals surface area contributed by atoms with E-state index in [1.54, 1.807) is 0 Å². The van der Waals surface area contributed by atoms with Crippen molar-refractivity contribution in [2.75, 3.05) is 19.8 Å². The zero-order valence-corrected chi connectivity index (χ0v) is 17.6. The molecule has 2 aromatic carbocycles. The largest absolute Gasteiger partial charge is 0.461 e. The lowest BCUT2D eigenvalue weighted by molar-refractivity contribution is -0.151. The number of hydrogen-bond acceptors (Lipinski definition) is 6. The van der Waals surface area contributed by atoms with Gasteiger partial charge in [0.25, 0.3) is 0 Å². The summed E-state index contributed by atoms with van der Waals surface area (Å²) in [5.74, 6) is -1.59. The molecule has 0 saturated heterocycles. The second-order valence-corrected chi connectivity index (χ2v) is 7.12. The standard InChI is InChI=1S/C25H25NO6/c1-3-13-30-23(27)15-22(24(28)31-14-4-2)26-25(29)32-16-21-19-11-7-5-9-17(19)18-10-6-8-12-20(18)21/h3-12,21-22H,1-2,13-16H2,(H,26,29)/t22-/m0/s1. The minimum absolute atomic E-state index is 0.00178. The third-order valence-electron chi connectivity index (χ3n) is 5.00. The number of fused-ring (bicyclic) bond motifs is 3. The summed E-state index contributed by atoms with van der Waals surface area (Å²) in [6, 6.07) is 14.7. The third kappa shape index (κ3) is 5.43. The Bertz CT molecular complexity index is 969. The van der Waals surface area contributed by atoms with Crippen molar-refractivity contribution in [2.24, 2.45) is 0 Å². The first-order chi connectivity index (χ1) is 15.5. The van der Waals surface area contributed by atoms with Gasteiger partial charge in [0.1, 0.15) is 25.9 Å². The van der Waals surface area contributed by atoms with Gasteiger partial charge in [-0.25, -0.2) is 9.59 Å². The van der Waals surface area contributed by atoms with Crippen LogP contribution in [0.15, 0.2) is 73.8 Å². The fourth-order valence-electron chi connectivity index (χ4n) is 3.59. The summed E-state index contributed by atoms with van der Waals surface area (Å²) in [7, 11) is 0.